The second-order valence-corrected chi connectivity index (χ2v) is 9.29. The number of carbonyl (C=O) groups is 1. The summed E-state index contributed by atoms with van der Waals surface area (Å²) in [5.74, 6) is 0.363. The van der Waals surface area contributed by atoms with Crippen molar-refractivity contribution in [3.05, 3.63) is 95.7 Å². The Kier molecular flexibility index (Phi) is 7.64. The number of alkyl halides is 3. The molecule has 4 rings (SSSR count). The van der Waals surface area contributed by atoms with Gasteiger partial charge in [0.15, 0.2) is 0 Å². The maximum absolute atomic E-state index is 13.8. The summed E-state index contributed by atoms with van der Waals surface area (Å²) in [6.45, 7) is 3.16. The van der Waals surface area contributed by atoms with Crippen LogP contribution < -0.4 is 4.90 Å². The molecule has 5 nitrogen and oxygen atoms in total. The molecule has 0 N–H and O–H groups in total. The number of nitrogens with zero attached hydrogens (tertiary/aromatic N) is 4. The van der Waals surface area contributed by atoms with Crippen molar-refractivity contribution in [2.75, 3.05) is 51.7 Å². The van der Waals surface area contributed by atoms with Gasteiger partial charge < -0.3 is 9.80 Å². The van der Waals surface area contributed by atoms with Gasteiger partial charge in [0.1, 0.15) is 16.9 Å². The number of anilines is 1. The van der Waals surface area contributed by atoms with E-state index in [0.717, 1.165) is 17.2 Å². The van der Waals surface area contributed by atoms with Crippen LogP contribution in [0.25, 0.3) is 0 Å². The summed E-state index contributed by atoms with van der Waals surface area (Å²) in [5.41, 5.74) is 0.176. The highest BCUT2D eigenvalue weighted by Gasteiger charge is 2.43. The third kappa shape index (κ3) is 5.38. The van der Waals surface area contributed by atoms with Gasteiger partial charge in [0.25, 0.3) is 0 Å². The van der Waals surface area contributed by atoms with Gasteiger partial charge in [0.2, 0.25) is 5.91 Å². The van der Waals surface area contributed by atoms with E-state index < -0.39 is 17.3 Å². The maximum Gasteiger partial charge on any atom is 0.433 e. The number of pyridine rings is 1. The number of aromatic nitrogens is 1. The molecular weight excluding hydrogens is 465 g/mol. The van der Waals surface area contributed by atoms with Crippen LogP contribution in [0.5, 0.6) is 0 Å². The number of carbonyl (C=O) groups excluding carboxylic acids is 1. The van der Waals surface area contributed by atoms with Crippen LogP contribution in [0.3, 0.4) is 0 Å². The third-order valence-corrected chi connectivity index (χ3v) is 6.83. The Balaban J connectivity index is 1.53. The molecule has 0 radical (unpaired) electrons. The summed E-state index contributed by atoms with van der Waals surface area (Å²) in [6, 6.07) is 23.7. The molecule has 1 aromatic heterocycles. The summed E-state index contributed by atoms with van der Waals surface area (Å²) < 4.78 is 39.3. The van der Waals surface area contributed by atoms with E-state index in [-0.39, 0.29) is 5.91 Å². The summed E-state index contributed by atoms with van der Waals surface area (Å²) in [6.07, 6.45) is -3.88. The van der Waals surface area contributed by atoms with Gasteiger partial charge in [-0.15, -0.1) is 0 Å². The minimum atomic E-state index is -4.46. The first-order valence-electron chi connectivity index (χ1n) is 12.1. The number of benzene rings is 2. The fourth-order valence-electron chi connectivity index (χ4n) is 4.92. The molecular formula is C28H31F3N4O. The highest BCUT2D eigenvalue weighted by Crippen LogP contribution is 2.38. The molecule has 2 heterocycles. The lowest BCUT2D eigenvalue weighted by Crippen LogP contribution is -2.50. The fourth-order valence-corrected chi connectivity index (χ4v) is 4.92. The van der Waals surface area contributed by atoms with Gasteiger partial charge in [-0.2, -0.15) is 13.2 Å². The first kappa shape index (κ1) is 25.7. The predicted molar refractivity (Wildman–Crippen MR) is 135 cm³/mol. The molecule has 2 aromatic carbocycles. The summed E-state index contributed by atoms with van der Waals surface area (Å²) in [5, 5.41) is 0. The molecule has 0 aliphatic carbocycles. The topological polar surface area (TPSA) is 39.7 Å². The Hall–Kier alpha value is -3.39. The van der Waals surface area contributed by atoms with Crippen LogP contribution in [-0.4, -0.2) is 67.5 Å². The molecule has 0 atom stereocenters. The molecule has 36 heavy (non-hydrogen) atoms. The summed E-state index contributed by atoms with van der Waals surface area (Å²) in [4.78, 5) is 23.4. The SMILES string of the molecule is CN(C)C(=O)C(CCN1CCN(c2cccc(C(F)(F)F)n2)CC1)(c1ccccc1)c1ccccc1. The van der Waals surface area contributed by atoms with Crippen molar-refractivity contribution in [2.45, 2.75) is 18.0 Å². The number of hydrogen-bond acceptors (Lipinski definition) is 4. The Labute approximate surface area is 210 Å². The van der Waals surface area contributed by atoms with Crippen molar-refractivity contribution in [1.82, 2.24) is 14.8 Å². The van der Waals surface area contributed by atoms with Crippen molar-refractivity contribution in [3.8, 4) is 0 Å². The van der Waals surface area contributed by atoms with E-state index in [1.165, 1.54) is 6.07 Å². The van der Waals surface area contributed by atoms with Crippen molar-refractivity contribution in [1.29, 1.82) is 0 Å². The zero-order valence-electron chi connectivity index (χ0n) is 20.6. The van der Waals surface area contributed by atoms with Crippen molar-refractivity contribution in [2.24, 2.45) is 0 Å². The lowest BCUT2D eigenvalue weighted by Gasteiger charge is -2.40. The van der Waals surface area contributed by atoms with Crippen LogP contribution in [0.4, 0.5) is 19.0 Å². The quantitative estimate of drug-likeness (QED) is 0.476. The second-order valence-electron chi connectivity index (χ2n) is 9.29. The Morgan fingerprint density at radius 2 is 1.39 bits per heavy atom. The number of halogens is 3. The number of hydrogen-bond donors (Lipinski definition) is 0. The molecule has 190 valence electrons. The number of rotatable bonds is 7. The molecule has 0 saturated carbocycles. The summed E-state index contributed by atoms with van der Waals surface area (Å²) in [7, 11) is 3.56. The van der Waals surface area contributed by atoms with E-state index in [1.807, 2.05) is 65.6 Å². The first-order chi connectivity index (χ1) is 17.2. The van der Waals surface area contributed by atoms with E-state index in [1.54, 1.807) is 25.1 Å². The van der Waals surface area contributed by atoms with Gasteiger partial charge in [0.05, 0.1) is 0 Å². The van der Waals surface area contributed by atoms with E-state index in [9.17, 15) is 18.0 Å². The monoisotopic (exact) mass is 496 g/mol. The molecule has 1 saturated heterocycles. The zero-order valence-corrected chi connectivity index (χ0v) is 20.6. The van der Waals surface area contributed by atoms with Gasteiger partial charge in [-0.3, -0.25) is 9.69 Å². The van der Waals surface area contributed by atoms with E-state index in [0.29, 0.717) is 45.0 Å². The average molecular weight is 497 g/mol. The third-order valence-electron chi connectivity index (χ3n) is 6.83. The number of amides is 1. The molecule has 1 fully saturated rings. The molecule has 1 aliphatic heterocycles. The van der Waals surface area contributed by atoms with Crippen LogP contribution in [0, 0.1) is 0 Å². The van der Waals surface area contributed by atoms with Crippen molar-refractivity contribution < 1.29 is 18.0 Å². The molecule has 1 amide bonds. The normalized spacial score (nSPS) is 15.1. The Morgan fingerprint density at radius 1 is 0.833 bits per heavy atom. The Morgan fingerprint density at radius 3 is 1.89 bits per heavy atom. The highest BCUT2D eigenvalue weighted by atomic mass is 19.4. The van der Waals surface area contributed by atoms with E-state index >= 15 is 0 Å². The van der Waals surface area contributed by atoms with Gasteiger partial charge in [-0.05, 0) is 36.2 Å². The number of likely N-dealkylation sites (N-methyl/N-ethyl adjacent to an activating group) is 1. The van der Waals surface area contributed by atoms with Gasteiger partial charge in [0, 0.05) is 40.3 Å². The van der Waals surface area contributed by atoms with Gasteiger partial charge in [-0.1, -0.05) is 66.7 Å². The highest BCUT2D eigenvalue weighted by molar-refractivity contribution is 5.91. The largest absolute Gasteiger partial charge is 0.433 e. The molecule has 1 aliphatic rings. The predicted octanol–water partition coefficient (Wildman–Crippen LogP) is 4.69. The molecule has 0 bridgehead atoms. The van der Waals surface area contributed by atoms with Gasteiger partial charge in [-0.25, -0.2) is 4.98 Å². The van der Waals surface area contributed by atoms with E-state index in [4.69, 9.17) is 0 Å². The lowest BCUT2D eigenvalue weighted by molar-refractivity contribution is -0.141. The van der Waals surface area contributed by atoms with E-state index in [2.05, 4.69) is 9.88 Å². The Bertz CT molecular complexity index is 1100. The van der Waals surface area contributed by atoms with Gasteiger partial charge >= 0.3 is 6.18 Å². The van der Waals surface area contributed by atoms with Crippen LogP contribution >= 0.6 is 0 Å². The fraction of sp³-hybridized carbons (Fsp3) is 0.357. The van der Waals surface area contributed by atoms with Crippen LogP contribution in [0.1, 0.15) is 23.2 Å². The second kappa shape index (κ2) is 10.7. The smallest absolute Gasteiger partial charge is 0.354 e. The maximum atomic E-state index is 13.8. The van der Waals surface area contributed by atoms with Crippen LogP contribution in [0.15, 0.2) is 78.9 Å². The minimum Gasteiger partial charge on any atom is -0.354 e. The zero-order chi connectivity index (χ0) is 25.8. The molecule has 3 aromatic rings. The van der Waals surface area contributed by atoms with Crippen molar-refractivity contribution in [3.63, 3.8) is 0 Å². The first-order valence-corrected chi connectivity index (χ1v) is 12.1. The number of piperazine rings is 1. The molecule has 0 spiro atoms. The average Bonchev–Trinajstić information content (AvgIpc) is 2.90. The molecule has 0 unspecified atom stereocenters. The molecule has 8 heteroatoms. The standard InChI is InChI=1S/C28H31F3N4O/c1-33(2)26(36)27(22-10-5-3-6-11-22,23-12-7-4-8-13-23)16-17-34-18-20-35(21-19-34)25-15-9-14-24(32-25)28(29,30)31/h3-15H,16-21H2,1-2H3. The van der Waals surface area contributed by atoms with Crippen LogP contribution in [-0.2, 0) is 16.4 Å². The lowest BCUT2D eigenvalue weighted by atomic mass is 9.70. The van der Waals surface area contributed by atoms with Crippen LogP contribution in [0.2, 0.25) is 0 Å². The summed E-state index contributed by atoms with van der Waals surface area (Å²) >= 11 is 0. The minimum absolute atomic E-state index is 0.0201. The van der Waals surface area contributed by atoms with Crippen molar-refractivity contribution >= 4 is 11.7 Å².